The van der Waals surface area contributed by atoms with Gasteiger partial charge < -0.3 is 15.8 Å². The minimum absolute atomic E-state index is 0.669. The number of nitrogen functional groups attached to an aromatic ring is 1. The minimum atomic E-state index is 0.669. The summed E-state index contributed by atoms with van der Waals surface area (Å²) in [5, 5.41) is 5.41. The highest BCUT2D eigenvalue weighted by Gasteiger charge is 2.04. The highest BCUT2D eigenvalue weighted by molar-refractivity contribution is 6.01. The van der Waals surface area contributed by atoms with E-state index in [0.717, 1.165) is 33.6 Å². The number of ether oxygens (including phenoxy) is 1. The molecule has 0 radical (unpaired) electrons. The standard InChI is InChI=1S/C17H17N3O/c1-2-21-13-5-3-12(4-6-13)20-17-8-7-16(18)15-11-19-10-9-14(15)17/h3-11,20H,2,18H2,1H3. The summed E-state index contributed by atoms with van der Waals surface area (Å²) in [6, 6.07) is 13.7. The van der Waals surface area contributed by atoms with Crippen LogP contribution in [0.1, 0.15) is 6.92 Å². The van der Waals surface area contributed by atoms with Crippen molar-refractivity contribution in [3.8, 4) is 5.75 Å². The summed E-state index contributed by atoms with van der Waals surface area (Å²) in [4.78, 5) is 4.13. The van der Waals surface area contributed by atoms with E-state index in [1.54, 1.807) is 12.4 Å². The molecule has 3 N–H and O–H groups in total. The molecule has 2 aromatic carbocycles. The quantitative estimate of drug-likeness (QED) is 0.710. The van der Waals surface area contributed by atoms with E-state index in [4.69, 9.17) is 10.5 Å². The molecule has 0 spiro atoms. The summed E-state index contributed by atoms with van der Waals surface area (Å²) in [7, 11) is 0. The Hall–Kier alpha value is -2.75. The third-order valence-electron chi connectivity index (χ3n) is 3.30. The van der Waals surface area contributed by atoms with E-state index in [2.05, 4.69) is 10.3 Å². The molecule has 0 aliphatic carbocycles. The fraction of sp³-hybridized carbons (Fsp3) is 0.118. The maximum Gasteiger partial charge on any atom is 0.119 e. The average Bonchev–Trinajstić information content (AvgIpc) is 2.52. The highest BCUT2D eigenvalue weighted by atomic mass is 16.5. The first kappa shape index (κ1) is 13.2. The van der Waals surface area contributed by atoms with Crippen LogP contribution in [0.3, 0.4) is 0 Å². The number of nitrogens with one attached hydrogen (secondary N) is 1. The normalized spacial score (nSPS) is 10.5. The van der Waals surface area contributed by atoms with Crippen LogP contribution < -0.4 is 15.8 Å². The van der Waals surface area contributed by atoms with Gasteiger partial charge in [0.25, 0.3) is 0 Å². The first-order chi connectivity index (χ1) is 10.3. The Labute approximate surface area is 123 Å². The van der Waals surface area contributed by atoms with Crippen molar-refractivity contribution in [3.63, 3.8) is 0 Å². The molecule has 1 aromatic heterocycles. The topological polar surface area (TPSA) is 60.2 Å². The molecule has 21 heavy (non-hydrogen) atoms. The molecule has 1 heterocycles. The number of pyridine rings is 1. The van der Waals surface area contributed by atoms with Crippen LogP contribution in [0.2, 0.25) is 0 Å². The van der Waals surface area contributed by atoms with Gasteiger partial charge in [-0.25, -0.2) is 0 Å². The van der Waals surface area contributed by atoms with Gasteiger partial charge in [-0.05, 0) is 49.4 Å². The van der Waals surface area contributed by atoms with Crippen molar-refractivity contribution in [1.29, 1.82) is 0 Å². The zero-order chi connectivity index (χ0) is 14.7. The molecular weight excluding hydrogens is 262 g/mol. The Kier molecular flexibility index (Phi) is 3.60. The van der Waals surface area contributed by atoms with Gasteiger partial charge in [0.2, 0.25) is 0 Å². The Morgan fingerprint density at radius 2 is 1.86 bits per heavy atom. The second-order valence-corrected chi connectivity index (χ2v) is 4.71. The molecule has 0 unspecified atom stereocenters. The van der Waals surface area contributed by atoms with Gasteiger partial charge in [-0.1, -0.05) is 0 Å². The van der Waals surface area contributed by atoms with E-state index in [1.165, 1.54) is 0 Å². The number of nitrogens with zero attached hydrogens (tertiary/aromatic N) is 1. The Bertz CT molecular complexity index is 754. The zero-order valence-electron chi connectivity index (χ0n) is 11.8. The largest absolute Gasteiger partial charge is 0.494 e. The summed E-state index contributed by atoms with van der Waals surface area (Å²) < 4.78 is 5.44. The van der Waals surface area contributed by atoms with E-state index in [0.29, 0.717) is 6.61 Å². The van der Waals surface area contributed by atoms with Gasteiger partial charge in [0.15, 0.2) is 0 Å². The van der Waals surface area contributed by atoms with Crippen LogP contribution in [0.5, 0.6) is 5.75 Å². The SMILES string of the molecule is CCOc1ccc(Nc2ccc(N)c3cnccc23)cc1. The van der Waals surface area contributed by atoms with Crippen molar-refractivity contribution in [2.75, 3.05) is 17.7 Å². The molecule has 0 aliphatic heterocycles. The first-order valence-electron chi connectivity index (χ1n) is 6.90. The number of hydrogen-bond donors (Lipinski definition) is 2. The van der Waals surface area contributed by atoms with Crippen LogP contribution in [-0.4, -0.2) is 11.6 Å². The lowest BCUT2D eigenvalue weighted by Crippen LogP contribution is -1.95. The van der Waals surface area contributed by atoms with Crippen LogP contribution in [0.25, 0.3) is 10.8 Å². The molecule has 3 rings (SSSR count). The fourth-order valence-electron chi connectivity index (χ4n) is 2.28. The second kappa shape index (κ2) is 5.71. The van der Waals surface area contributed by atoms with E-state index >= 15 is 0 Å². The highest BCUT2D eigenvalue weighted by Crippen LogP contribution is 2.30. The molecule has 0 saturated heterocycles. The van der Waals surface area contributed by atoms with Gasteiger partial charge in [0, 0.05) is 40.2 Å². The number of benzene rings is 2. The van der Waals surface area contributed by atoms with E-state index < -0.39 is 0 Å². The summed E-state index contributed by atoms with van der Waals surface area (Å²) in [5.74, 6) is 0.870. The summed E-state index contributed by atoms with van der Waals surface area (Å²) in [6.07, 6.45) is 3.55. The predicted octanol–water partition coefficient (Wildman–Crippen LogP) is 3.96. The molecule has 0 bridgehead atoms. The van der Waals surface area contributed by atoms with Crippen molar-refractivity contribution < 1.29 is 4.74 Å². The van der Waals surface area contributed by atoms with E-state index in [1.807, 2.05) is 49.4 Å². The van der Waals surface area contributed by atoms with Crippen molar-refractivity contribution in [2.45, 2.75) is 6.92 Å². The molecule has 0 saturated carbocycles. The molecule has 4 heteroatoms. The Morgan fingerprint density at radius 3 is 2.62 bits per heavy atom. The maximum absolute atomic E-state index is 5.99. The maximum atomic E-state index is 5.99. The van der Waals surface area contributed by atoms with Gasteiger partial charge >= 0.3 is 0 Å². The zero-order valence-corrected chi connectivity index (χ0v) is 11.8. The van der Waals surface area contributed by atoms with Crippen LogP contribution in [0.15, 0.2) is 54.9 Å². The lowest BCUT2D eigenvalue weighted by Gasteiger charge is -2.11. The van der Waals surface area contributed by atoms with Crippen molar-refractivity contribution in [2.24, 2.45) is 0 Å². The van der Waals surface area contributed by atoms with Gasteiger partial charge in [0.1, 0.15) is 5.75 Å². The molecule has 0 atom stereocenters. The monoisotopic (exact) mass is 279 g/mol. The molecular formula is C17H17N3O. The van der Waals surface area contributed by atoms with Crippen LogP contribution >= 0.6 is 0 Å². The van der Waals surface area contributed by atoms with Gasteiger partial charge in [-0.2, -0.15) is 0 Å². The number of nitrogens with two attached hydrogens (primary N) is 1. The van der Waals surface area contributed by atoms with Gasteiger partial charge in [-0.3, -0.25) is 4.98 Å². The fourth-order valence-corrected chi connectivity index (χ4v) is 2.28. The van der Waals surface area contributed by atoms with E-state index in [9.17, 15) is 0 Å². The molecule has 4 nitrogen and oxygen atoms in total. The Balaban J connectivity index is 1.93. The number of anilines is 3. The number of fused-ring (bicyclic) bond motifs is 1. The van der Waals surface area contributed by atoms with Crippen LogP contribution in [0, 0.1) is 0 Å². The molecule has 3 aromatic rings. The lowest BCUT2D eigenvalue weighted by atomic mass is 10.1. The smallest absolute Gasteiger partial charge is 0.119 e. The molecule has 0 amide bonds. The van der Waals surface area contributed by atoms with Gasteiger partial charge in [0.05, 0.1) is 6.61 Å². The summed E-state index contributed by atoms with van der Waals surface area (Å²) >= 11 is 0. The summed E-state index contributed by atoms with van der Waals surface area (Å²) in [6.45, 7) is 2.64. The number of hydrogen-bond acceptors (Lipinski definition) is 4. The second-order valence-electron chi connectivity index (χ2n) is 4.71. The lowest BCUT2D eigenvalue weighted by molar-refractivity contribution is 0.340. The summed E-state index contributed by atoms with van der Waals surface area (Å²) in [5.41, 5.74) is 8.73. The minimum Gasteiger partial charge on any atom is -0.494 e. The van der Waals surface area contributed by atoms with Crippen molar-refractivity contribution >= 4 is 27.8 Å². The first-order valence-corrected chi connectivity index (χ1v) is 6.90. The van der Waals surface area contributed by atoms with Crippen molar-refractivity contribution in [1.82, 2.24) is 4.98 Å². The third kappa shape index (κ3) is 2.74. The predicted molar refractivity (Wildman–Crippen MR) is 87.0 cm³/mol. The molecule has 0 fully saturated rings. The van der Waals surface area contributed by atoms with Crippen LogP contribution in [-0.2, 0) is 0 Å². The molecule has 0 aliphatic rings. The average molecular weight is 279 g/mol. The van der Waals surface area contributed by atoms with E-state index in [-0.39, 0.29) is 0 Å². The molecule has 106 valence electrons. The number of aromatic nitrogens is 1. The van der Waals surface area contributed by atoms with Crippen LogP contribution in [0.4, 0.5) is 17.1 Å². The van der Waals surface area contributed by atoms with Gasteiger partial charge in [-0.15, -0.1) is 0 Å². The third-order valence-corrected chi connectivity index (χ3v) is 3.30. The van der Waals surface area contributed by atoms with Crippen molar-refractivity contribution in [3.05, 3.63) is 54.9 Å². The number of rotatable bonds is 4. The Morgan fingerprint density at radius 1 is 1.05 bits per heavy atom.